The molecule has 0 amide bonds. The van der Waals surface area contributed by atoms with Crippen LogP contribution in [-0.2, 0) is 21.7 Å². The van der Waals surface area contributed by atoms with Gasteiger partial charge in [-0.05, 0) is 20.3 Å². The normalized spacial score (nSPS) is 12.9. The van der Waals surface area contributed by atoms with E-state index < -0.39 is 0 Å². The molecule has 0 saturated heterocycles. The van der Waals surface area contributed by atoms with Crippen molar-refractivity contribution in [2.75, 3.05) is 0 Å². The minimum atomic E-state index is -0.250. The minimum absolute atomic E-state index is 0. The summed E-state index contributed by atoms with van der Waals surface area (Å²) < 4.78 is 0. The summed E-state index contributed by atoms with van der Waals surface area (Å²) in [6.45, 7) is 14.0. The molecule has 0 bridgehead atoms. The van der Waals surface area contributed by atoms with Gasteiger partial charge in [0.15, 0.2) is 0 Å². The number of hydrogen-bond acceptors (Lipinski definition) is 0. The number of halogens is 2. The van der Waals surface area contributed by atoms with Crippen molar-refractivity contribution in [1.82, 2.24) is 0 Å². The first-order chi connectivity index (χ1) is 8.70. The first-order valence-corrected chi connectivity index (χ1v) is 6.73. The standard InChI is InChI=1S/C14H15.C4H10N.2ClH.Ti/c1-10-8-9-14(12(10)3)13-7-5-4-6-11(13)2;1-4(2,3)5;;;/h4-8H,2,9H2,1,3H3;5H,1-3H3;2*1H;/q2*-1;;;+2/p-2. The van der Waals surface area contributed by atoms with E-state index in [0.717, 1.165) is 12.0 Å². The summed E-state index contributed by atoms with van der Waals surface area (Å²) in [7, 11) is 0. The topological polar surface area (TPSA) is 23.8 Å². The van der Waals surface area contributed by atoms with Gasteiger partial charge in [0.25, 0.3) is 0 Å². The van der Waals surface area contributed by atoms with E-state index in [-0.39, 0.29) is 52.1 Å². The van der Waals surface area contributed by atoms with Crippen molar-refractivity contribution in [1.29, 1.82) is 0 Å². The molecule has 0 fully saturated rings. The second-order valence-electron chi connectivity index (χ2n) is 6.10. The van der Waals surface area contributed by atoms with Gasteiger partial charge < -0.3 is 30.5 Å². The summed E-state index contributed by atoms with van der Waals surface area (Å²) in [4.78, 5) is 0. The number of hydrogen-bond donors (Lipinski definition) is 0. The third-order valence-corrected chi connectivity index (χ3v) is 3.00. The fourth-order valence-electron chi connectivity index (χ4n) is 1.93. The van der Waals surface area contributed by atoms with Gasteiger partial charge in [0, 0.05) is 0 Å². The average Bonchev–Trinajstić information content (AvgIpc) is 2.59. The van der Waals surface area contributed by atoms with E-state index in [0.29, 0.717) is 0 Å². The van der Waals surface area contributed by atoms with Gasteiger partial charge in [-0.1, -0.05) is 49.6 Å². The number of allylic oxidation sites excluding steroid dienone is 4. The van der Waals surface area contributed by atoms with E-state index in [4.69, 9.17) is 5.73 Å². The molecule has 0 radical (unpaired) electrons. The predicted molar refractivity (Wildman–Crippen MR) is 85.9 cm³/mol. The molecule has 0 heterocycles. The molecular formula is C18H25Cl2NTi-2. The quantitative estimate of drug-likeness (QED) is 0.482. The number of rotatable bonds is 1. The second kappa shape index (κ2) is 11.4. The molecule has 1 aromatic rings. The summed E-state index contributed by atoms with van der Waals surface area (Å²) >= 11 is 0. The zero-order valence-corrected chi connectivity index (χ0v) is 17.1. The van der Waals surface area contributed by atoms with Crippen LogP contribution in [0.1, 0.15) is 52.2 Å². The third kappa shape index (κ3) is 9.07. The third-order valence-electron chi connectivity index (χ3n) is 3.00. The zero-order chi connectivity index (χ0) is 14.6. The molecule has 0 unspecified atom stereocenters. The van der Waals surface area contributed by atoms with Gasteiger partial charge in [-0.3, -0.25) is 0 Å². The van der Waals surface area contributed by atoms with Crippen molar-refractivity contribution in [2.45, 2.75) is 46.6 Å². The molecular weight excluding hydrogens is 349 g/mol. The van der Waals surface area contributed by atoms with Crippen LogP contribution < -0.4 is 24.8 Å². The molecule has 0 atom stereocenters. The maximum atomic E-state index is 6.94. The van der Waals surface area contributed by atoms with Crippen molar-refractivity contribution >= 4 is 5.57 Å². The van der Waals surface area contributed by atoms with E-state index >= 15 is 0 Å². The van der Waals surface area contributed by atoms with Gasteiger partial charge in [0.1, 0.15) is 0 Å². The van der Waals surface area contributed by atoms with Crippen LogP contribution in [0.3, 0.4) is 0 Å². The van der Waals surface area contributed by atoms with Gasteiger partial charge in [-0.2, -0.15) is 18.6 Å². The molecule has 22 heavy (non-hydrogen) atoms. The summed E-state index contributed by atoms with van der Waals surface area (Å²) in [5, 5.41) is 0. The summed E-state index contributed by atoms with van der Waals surface area (Å²) in [6.07, 6.45) is 3.35. The number of nitrogens with one attached hydrogen (secondary N) is 1. The number of benzene rings is 1. The maximum absolute atomic E-state index is 6.94. The smallest absolute Gasteiger partial charge is 1.00 e. The van der Waals surface area contributed by atoms with Crippen molar-refractivity contribution in [3.8, 4) is 0 Å². The Balaban J connectivity index is -0.000000401. The van der Waals surface area contributed by atoms with Crippen LogP contribution in [0, 0.1) is 6.92 Å². The van der Waals surface area contributed by atoms with Crippen LogP contribution in [0.15, 0.2) is 41.5 Å². The Labute approximate surface area is 163 Å². The van der Waals surface area contributed by atoms with Gasteiger partial charge in [0.2, 0.25) is 0 Å². The molecule has 0 aromatic heterocycles. The summed E-state index contributed by atoms with van der Waals surface area (Å²) in [5.41, 5.74) is 13.4. The van der Waals surface area contributed by atoms with Crippen molar-refractivity contribution in [2.24, 2.45) is 0 Å². The fourth-order valence-corrected chi connectivity index (χ4v) is 1.93. The minimum Gasteiger partial charge on any atom is -1.00 e. The van der Waals surface area contributed by atoms with Gasteiger partial charge in [-0.25, -0.2) is 0 Å². The fraction of sp³-hybridized carbons (Fsp3) is 0.389. The van der Waals surface area contributed by atoms with E-state index in [1.807, 2.05) is 26.8 Å². The van der Waals surface area contributed by atoms with Crippen molar-refractivity contribution in [3.05, 3.63) is 65.3 Å². The van der Waals surface area contributed by atoms with Gasteiger partial charge in [0.05, 0.1) is 0 Å². The molecule has 0 spiro atoms. The van der Waals surface area contributed by atoms with Crippen LogP contribution in [-0.4, -0.2) is 5.54 Å². The maximum Gasteiger partial charge on any atom is 2.00 e. The molecule has 2 rings (SSSR count). The molecule has 1 aromatic carbocycles. The zero-order valence-electron chi connectivity index (χ0n) is 14.1. The Morgan fingerprint density at radius 2 is 1.50 bits per heavy atom. The van der Waals surface area contributed by atoms with Gasteiger partial charge >= 0.3 is 21.7 Å². The first-order valence-electron chi connectivity index (χ1n) is 6.73. The monoisotopic (exact) mass is 373 g/mol. The van der Waals surface area contributed by atoms with Crippen LogP contribution in [0.4, 0.5) is 0 Å². The largest absolute Gasteiger partial charge is 2.00 e. The van der Waals surface area contributed by atoms with Gasteiger partial charge in [-0.15, -0.1) is 23.2 Å². The van der Waals surface area contributed by atoms with Crippen LogP contribution >= 0.6 is 0 Å². The predicted octanol–water partition coefficient (Wildman–Crippen LogP) is -0.165. The van der Waals surface area contributed by atoms with Crippen LogP contribution in [0.5, 0.6) is 0 Å². The second-order valence-corrected chi connectivity index (χ2v) is 6.10. The van der Waals surface area contributed by atoms with E-state index in [2.05, 4.69) is 45.0 Å². The van der Waals surface area contributed by atoms with Crippen molar-refractivity contribution < 1.29 is 46.5 Å². The molecule has 1 N–H and O–H groups in total. The molecule has 1 aliphatic carbocycles. The Kier molecular flexibility index (Phi) is 13.8. The van der Waals surface area contributed by atoms with E-state index in [1.165, 1.54) is 22.3 Å². The Bertz CT molecular complexity index is 508. The van der Waals surface area contributed by atoms with Crippen LogP contribution in [0.25, 0.3) is 11.3 Å². The Morgan fingerprint density at radius 1 is 1.05 bits per heavy atom. The van der Waals surface area contributed by atoms with Crippen LogP contribution in [0.2, 0.25) is 0 Å². The van der Waals surface area contributed by atoms with E-state index in [1.54, 1.807) is 0 Å². The Morgan fingerprint density at radius 3 is 1.86 bits per heavy atom. The molecule has 0 aliphatic heterocycles. The Hall–Kier alpha value is -0.176. The summed E-state index contributed by atoms with van der Waals surface area (Å²) in [6, 6.07) is 8.35. The first kappa shape index (κ1) is 26.7. The average molecular weight is 374 g/mol. The molecule has 0 saturated carbocycles. The molecule has 1 nitrogen and oxygen atoms in total. The summed E-state index contributed by atoms with van der Waals surface area (Å²) in [5.74, 6) is 0. The molecule has 1 aliphatic rings. The SMILES string of the molecule is CC(C)(C)[NH-].[CH2-]c1ccccc1C1=C(C)C(C)=CC1.[Cl-].[Cl-].[Ti+2]. The van der Waals surface area contributed by atoms with E-state index in [9.17, 15) is 0 Å². The molecule has 122 valence electrons. The molecule has 4 heteroatoms. The van der Waals surface area contributed by atoms with Crippen molar-refractivity contribution in [3.63, 3.8) is 0 Å².